The molecule has 3 rings (SSSR count). The van der Waals surface area contributed by atoms with Gasteiger partial charge in [0.15, 0.2) is 0 Å². The summed E-state index contributed by atoms with van der Waals surface area (Å²) in [7, 11) is -6.89. The van der Waals surface area contributed by atoms with Crippen LogP contribution in [0.2, 0.25) is 5.02 Å². The number of halogens is 3. The Morgan fingerprint density at radius 2 is 1.69 bits per heavy atom. The molecule has 36 heavy (non-hydrogen) atoms. The highest BCUT2D eigenvalue weighted by Crippen LogP contribution is 2.66. The van der Waals surface area contributed by atoms with Crippen molar-refractivity contribution in [2.75, 3.05) is 13.2 Å². The molecule has 2 unspecified atom stereocenters. The van der Waals surface area contributed by atoms with Crippen molar-refractivity contribution in [3.63, 3.8) is 0 Å². The second-order valence-electron chi connectivity index (χ2n) is 9.21. The molecule has 0 aliphatic rings. The maximum absolute atomic E-state index is 16.2. The van der Waals surface area contributed by atoms with Gasteiger partial charge in [-0.1, -0.05) is 48.0 Å². The van der Waals surface area contributed by atoms with Crippen LogP contribution >= 0.6 is 19.2 Å². The molecular formula is C25H32ClF2N2O4PS. The normalized spacial score (nSPS) is 14.8. The molecule has 1 heterocycles. The third-order valence-corrected chi connectivity index (χ3v) is 9.46. The molecule has 0 saturated heterocycles. The van der Waals surface area contributed by atoms with E-state index in [1.165, 1.54) is 13.8 Å². The monoisotopic (exact) mass is 560 g/mol. The van der Waals surface area contributed by atoms with Gasteiger partial charge in [-0.05, 0) is 52.3 Å². The zero-order valence-electron chi connectivity index (χ0n) is 21.0. The van der Waals surface area contributed by atoms with Crippen molar-refractivity contribution in [3.8, 4) is 0 Å². The molecule has 6 nitrogen and oxygen atoms in total. The van der Waals surface area contributed by atoms with Gasteiger partial charge in [0.05, 0.1) is 34.5 Å². The first-order valence-corrected chi connectivity index (χ1v) is 14.7. The molecule has 2 aromatic carbocycles. The summed E-state index contributed by atoms with van der Waals surface area (Å²) in [5, 5.41) is 0.892. The number of hydrogen-bond acceptors (Lipinski definition) is 4. The smallest absolute Gasteiger partial charge is 0.343 e. The molecule has 0 radical (unpaired) electrons. The van der Waals surface area contributed by atoms with Gasteiger partial charge in [0.25, 0.3) is 0 Å². The molecule has 2 atom stereocenters. The largest absolute Gasteiger partial charge is 0.401 e. The van der Waals surface area contributed by atoms with Crippen LogP contribution in [0.3, 0.4) is 0 Å². The first kappa shape index (κ1) is 29.0. The van der Waals surface area contributed by atoms with Crippen LogP contribution in [0.4, 0.5) is 8.78 Å². The minimum Gasteiger partial charge on any atom is -0.343 e. The number of aromatic nitrogens is 1. The van der Waals surface area contributed by atoms with Gasteiger partial charge in [-0.2, -0.15) is 8.78 Å². The third-order valence-electron chi connectivity index (χ3n) is 5.47. The number of hydrogen-bond donors (Lipinski definition) is 1. The van der Waals surface area contributed by atoms with Gasteiger partial charge in [0.1, 0.15) is 6.04 Å². The molecule has 1 aromatic heterocycles. The molecule has 0 bridgehead atoms. The van der Waals surface area contributed by atoms with Crippen LogP contribution in [0.15, 0.2) is 54.7 Å². The van der Waals surface area contributed by atoms with Crippen molar-refractivity contribution in [1.82, 2.24) is 9.29 Å². The minimum atomic E-state index is -4.96. The molecule has 3 aromatic rings. The van der Waals surface area contributed by atoms with Gasteiger partial charge in [0, 0.05) is 28.7 Å². The predicted octanol–water partition coefficient (Wildman–Crippen LogP) is 7.29. The highest BCUT2D eigenvalue weighted by Gasteiger charge is 2.60. The molecule has 198 valence electrons. The van der Waals surface area contributed by atoms with Crippen LogP contribution in [0.25, 0.3) is 10.9 Å². The molecule has 0 aliphatic heterocycles. The molecule has 0 amide bonds. The van der Waals surface area contributed by atoms with E-state index >= 15 is 8.78 Å². The maximum atomic E-state index is 16.2. The van der Waals surface area contributed by atoms with Crippen LogP contribution < -0.4 is 4.72 Å². The molecular weight excluding hydrogens is 529 g/mol. The Morgan fingerprint density at radius 3 is 2.25 bits per heavy atom. The Bertz CT molecular complexity index is 1250. The van der Waals surface area contributed by atoms with E-state index in [0.717, 1.165) is 5.56 Å². The van der Waals surface area contributed by atoms with Crippen LogP contribution in [-0.4, -0.2) is 32.4 Å². The third kappa shape index (κ3) is 6.09. The van der Waals surface area contributed by atoms with E-state index in [1.807, 2.05) is 30.3 Å². The first-order chi connectivity index (χ1) is 16.8. The number of benzene rings is 2. The Labute approximate surface area is 218 Å². The van der Waals surface area contributed by atoms with Gasteiger partial charge >= 0.3 is 13.3 Å². The fourth-order valence-corrected chi connectivity index (χ4v) is 6.46. The summed E-state index contributed by atoms with van der Waals surface area (Å²) in [6.07, 6.45) is 1.56. The summed E-state index contributed by atoms with van der Waals surface area (Å²) in [4.78, 5) is 0. The molecule has 0 saturated carbocycles. The van der Waals surface area contributed by atoms with E-state index in [9.17, 15) is 8.77 Å². The zero-order chi connectivity index (χ0) is 26.7. The second kappa shape index (κ2) is 11.4. The lowest BCUT2D eigenvalue weighted by molar-refractivity contribution is 0.0119. The van der Waals surface area contributed by atoms with Crippen molar-refractivity contribution in [3.05, 3.63) is 70.9 Å². The number of nitrogens with one attached hydrogen (secondary N) is 1. The Morgan fingerprint density at radius 1 is 1.08 bits per heavy atom. The molecule has 1 N–H and O–H groups in total. The summed E-state index contributed by atoms with van der Waals surface area (Å²) in [5.74, 6) is 0. The standard InChI is InChI=1S/C25H32ClF2N2O4PS/c1-6-33-35(31,34-7-2)25(27,28)23(29-36(32)24(3,4)5)21-17-30(16-18-11-9-8-10-12-18)22-15-19(26)13-14-20(21)22/h8-15,17,23,29H,6-7,16H2,1-5H3. The zero-order valence-corrected chi connectivity index (χ0v) is 23.4. The van der Waals surface area contributed by atoms with E-state index in [2.05, 4.69) is 4.72 Å². The lowest BCUT2D eigenvalue weighted by Crippen LogP contribution is -2.43. The predicted molar refractivity (Wildman–Crippen MR) is 142 cm³/mol. The highest BCUT2D eigenvalue weighted by atomic mass is 35.5. The first-order valence-electron chi connectivity index (χ1n) is 11.6. The summed E-state index contributed by atoms with van der Waals surface area (Å²) >= 11 is 6.26. The molecule has 11 heteroatoms. The number of alkyl halides is 2. The maximum Gasteiger partial charge on any atom is 0.401 e. The summed E-state index contributed by atoms with van der Waals surface area (Å²) in [6.45, 7) is 7.81. The average Bonchev–Trinajstić information content (AvgIpc) is 3.14. The number of nitrogens with zero attached hydrogens (tertiary/aromatic N) is 1. The van der Waals surface area contributed by atoms with Gasteiger partial charge in [-0.3, -0.25) is 4.57 Å². The van der Waals surface area contributed by atoms with Crippen molar-refractivity contribution >= 4 is 41.1 Å². The minimum absolute atomic E-state index is 0.111. The number of fused-ring (bicyclic) bond motifs is 1. The van der Waals surface area contributed by atoms with Crippen molar-refractivity contribution in [2.24, 2.45) is 0 Å². The SMILES string of the molecule is CCOP(=O)(OCC)C(F)(F)C(NS(=O)C(C)(C)C)c1cn(Cc2ccccc2)c2cc(Cl)ccc12. The molecule has 0 aliphatic carbocycles. The Balaban J connectivity index is 2.25. The fourth-order valence-electron chi connectivity index (χ4n) is 3.75. The van der Waals surface area contributed by atoms with Crippen molar-refractivity contribution in [1.29, 1.82) is 0 Å². The van der Waals surface area contributed by atoms with Gasteiger partial charge in [0.2, 0.25) is 0 Å². The van der Waals surface area contributed by atoms with E-state index < -0.39 is 35.0 Å². The van der Waals surface area contributed by atoms with Gasteiger partial charge in [-0.15, -0.1) is 0 Å². The summed E-state index contributed by atoms with van der Waals surface area (Å²) in [6, 6.07) is 12.5. The van der Waals surface area contributed by atoms with Gasteiger partial charge < -0.3 is 13.6 Å². The Kier molecular flexibility index (Phi) is 9.18. The summed E-state index contributed by atoms with van der Waals surface area (Å²) in [5.41, 5.74) is -2.39. The topological polar surface area (TPSA) is 69.6 Å². The quantitative estimate of drug-likeness (QED) is 0.250. The van der Waals surface area contributed by atoms with E-state index in [-0.39, 0.29) is 18.8 Å². The number of rotatable bonds is 11. The van der Waals surface area contributed by atoms with Crippen LogP contribution in [0.1, 0.15) is 51.8 Å². The van der Waals surface area contributed by atoms with Crippen LogP contribution in [-0.2, 0) is 31.1 Å². The van der Waals surface area contributed by atoms with E-state index in [4.69, 9.17) is 20.6 Å². The van der Waals surface area contributed by atoms with Crippen molar-refractivity contribution in [2.45, 2.75) is 57.6 Å². The molecule has 0 fully saturated rings. The lowest BCUT2D eigenvalue weighted by Gasteiger charge is -2.33. The summed E-state index contributed by atoms with van der Waals surface area (Å²) < 4.78 is 72.6. The second-order valence-corrected chi connectivity index (χ2v) is 13.8. The fraction of sp³-hybridized carbons (Fsp3) is 0.440. The van der Waals surface area contributed by atoms with Crippen molar-refractivity contribution < 1.29 is 26.6 Å². The van der Waals surface area contributed by atoms with Crippen LogP contribution in [0.5, 0.6) is 0 Å². The van der Waals surface area contributed by atoms with E-state index in [0.29, 0.717) is 22.5 Å². The van der Waals surface area contributed by atoms with Gasteiger partial charge in [-0.25, -0.2) is 8.93 Å². The van der Waals surface area contributed by atoms with E-state index in [1.54, 1.807) is 49.7 Å². The molecule has 0 spiro atoms. The highest BCUT2D eigenvalue weighted by molar-refractivity contribution is 7.84. The van der Waals surface area contributed by atoms with Crippen LogP contribution in [0, 0.1) is 0 Å². The lowest BCUT2D eigenvalue weighted by atomic mass is 10.1. The average molecular weight is 561 g/mol. The Hall–Kier alpha value is -1.61.